The highest BCUT2D eigenvalue weighted by molar-refractivity contribution is 6.64. The van der Waals surface area contributed by atoms with Gasteiger partial charge in [-0.1, -0.05) is 0 Å². The van der Waals surface area contributed by atoms with Gasteiger partial charge >= 0.3 is 6.98 Å². The van der Waals surface area contributed by atoms with Crippen LogP contribution in [0.5, 0.6) is 0 Å². The quantitative estimate of drug-likeness (QED) is 0.466. The van der Waals surface area contributed by atoms with Gasteiger partial charge in [0, 0.05) is 0 Å². The van der Waals surface area contributed by atoms with Crippen molar-refractivity contribution in [3.63, 3.8) is 0 Å². The second kappa shape index (κ2) is 1.54. The van der Waals surface area contributed by atoms with Crippen LogP contribution in [0.15, 0.2) is 11.5 Å². The largest absolute Gasteiger partial charge is 0.502 e. The molecule has 0 radical (unpaired) electrons. The lowest BCUT2D eigenvalue weighted by Crippen LogP contribution is -2.09. The lowest BCUT2D eigenvalue weighted by molar-refractivity contribution is 0.498. The molecule has 0 aromatic carbocycles. The van der Waals surface area contributed by atoms with Crippen LogP contribution in [0.4, 0.5) is 12.9 Å². The molecule has 1 aliphatic rings. The zero-order valence-corrected chi connectivity index (χ0v) is 4.20. The van der Waals surface area contributed by atoms with Gasteiger partial charge in [0.25, 0.3) is 0 Å². The molecule has 0 nitrogen and oxygen atoms in total. The maximum atomic E-state index is 11.3. The monoisotopic (exact) mass is 121 g/mol. The van der Waals surface area contributed by atoms with Crippen molar-refractivity contribution >= 4 is 6.98 Å². The molecular formula is C4H5BF3-. The van der Waals surface area contributed by atoms with Crippen LogP contribution in [0.3, 0.4) is 0 Å². The van der Waals surface area contributed by atoms with Crippen molar-refractivity contribution in [2.75, 3.05) is 0 Å². The molecule has 8 heavy (non-hydrogen) atoms. The zero-order chi connectivity index (χ0) is 6.20. The Morgan fingerprint density at radius 3 is 1.88 bits per heavy atom. The van der Waals surface area contributed by atoms with E-state index in [2.05, 4.69) is 0 Å². The molecule has 0 saturated heterocycles. The van der Waals surface area contributed by atoms with Crippen LogP contribution in [-0.2, 0) is 0 Å². The fourth-order valence-corrected chi connectivity index (χ4v) is 0.506. The molecule has 0 unspecified atom stereocenters. The first-order valence-corrected chi connectivity index (χ1v) is 2.48. The first kappa shape index (κ1) is 5.73. The van der Waals surface area contributed by atoms with Crippen LogP contribution in [0, 0.1) is 0 Å². The smallest absolute Gasteiger partial charge is 0.445 e. The minimum Gasteiger partial charge on any atom is -0.445 e. The Morgan fingerprint density at radius 2 is 1.75 bits per heavy atom. The highest BCUT2D eigenvalue weighted by atomic mass is 19.4. The Bertz CT molecular complexity index is 118. The Balaban J connectivity index is 2.48. The van der Waals surface area contributed by atoms with Crippen LogP contribution < -0.4 is 0 Å². The zero-order valence-electron chi connectivity index (χ0n) is 4.20. The molecule has 1 aliphatic carbocycles. The third kappa shape index (κ3) is 2.05. The number of hydrogen-bond acceptors (Lipinski definition) is 0. The lowest BCUT2D eigenvalue weighted by atomic mass is 9.91. The fraction of sp³-hybridized carbons (Fsp3) is 0.500. The van der Waals surface area contributed by atoms with E-state index < -0.39 is 6.98 Å². The molecule has 0 N–H and O–H groups in total. The number of halogens is 3. The third-order valence-corrected chi connectivity index (χ3v) is 0.963. The Kier molecular flexibility index (Phi) is 1.10. The van der Waals surface area contributed by atoms with E-state index in [4.69, 9.17) is 0 Å². The predicted octanol–water partition coefficient (Wildman–Crippen LogP) is 2.09. The van der Waals surface area contributed by atoms with Crippen LogP contribution >= 0.6 is 0 Å². The van der Waals surface area contributed by atoms with Crippen molar-refractivity contribution in [2.45, 2.75) is 12.8 Å². The molecule has 0 aliphatic heterocycles. The average molecular weight is 121 g/mol. The maximum absolute atomic E-state index is 11.3. The van der Waals surface area contributed by atoms with Crippen molar-refractivity contribution < 1.29 is 12.9 Å². The van der Waals surface area contributed by atoms with Gasteiger partial charge in [-0.05, 0) is 12.8 Å². The van der Waals surface area contributed by atoms with E-state index in [0.717, 1.165) is 0 Å². The third-order valence-electron chi connectivity index (χ3n) is 0.963. The Labute approximate surface area is 45.4 Å². The highest BCUT2D eigenvalue weighted by Crippen LogP contribution is 2.30. The first-order valence-electron chi connectivity index (χ1n) is 2.48. The summed E-state index contributed by atoms with van der Waals surface area (Å²) in [5.41, 5.74) is 0.553. The predicted molar refractivity (Wildman–Crippen MR) is 26.4 cm³/mol. The second-order valence-electron chi connectivity index (χ2n) is 1.95. The van der Waals surface area contributed by atoms with Crippen molar-refractivity contribution in [2.24, 2.45) is 0 Å². The summed E-state index contributed by atoms with van der Waals surface area (Å²) in [4.78, 5) is 0. The normalized spacial score (nSPS) is 18.6. The average Bonchev–Trinajstić information content (AvgIpc) is 2.12. The van der Waals surface area contributed by atoms with Gasteiger partial charge in [-0.3, -0.25) is 0 Å². The van der Waals surface area contributed by atoms with Gasteiger partial charge in [0.05, 0.1) is 0 Å². The van der Waals surface area contributed by atoms with E-state index in [1.807, 2.05) is 0 Å². The number of allylic oxidation sites excluding steroid dienone is 1. The van der Waals surface area contributed by atoms with E-state index >= 15 is 0 Å². The first-order chi connectivity index (χ1) is 3.58. The van der Waals surface area contributed by atoms with E-state index in [1.165, 1.54) is 0 Å². The van der Waals surface area contributed by atoms with Crippen molar-refractivity contribution in [3.8, 4) is 0 Å². The van der Waals surface area contributed by atoms with Gasteiger partial charge in [0.1, 0.15) is 0 Å². The minimum absolute atomic E-state index is 0.444. The molecule has 0 bridgehead atoms. The molecule has 4 heteroatoms. The fourth-order valence-electron chi connectivity index (χ4n) is 0.506. The van der Waals surface area contributed by atoms with E-state index in [1.54, 1.807) is 0 Å². The molecular weight excluding hydrogens is 116 g/mol. The molecule has 1 fully saturated rings. The van der Waals surface area contributed by atoms with Gasteiger partial charge in [-0.25, -0.2) is 0 Å². The number of rotatable bonds is 1. The molecule has 0 spiro atoms. The molecule has 0 aromatic heterocycles. The molecule has 0 amide bonds. The van der Waals surface area contributed by atoms with Crippen LogP contribution in [0.2, 0.25) is 0 Å². The summed E-state index contributed by atoms with van der Waals surface area (Å²) < 4.78 is 34.0. The summed E-state index contributed by atoms with van der Waals surface area (Å²) in [7, 11) is 0. The molecule has 0 atom stereocenters. The summed E-state index contributed by atoms with van der Waals surface area (Å²) in [6.07, 6.45) is 1.31. The number of hydrogen-bond donors (Lipinski definition) is 0. The van der Waals surface area contributed by atoms with E-state index in [0.29, 0.717) is 24.4 Å². The topological polar surface area (TPSA) is 0 Å². The van der Waals surface area contributed by atoms with Crippen LogP contribution in [0.25, 0.3) is 0 Å². The van der Waals surface area contributed by atoms with Gasteiger partial charge in [0.2, 0.25) is 0 Å². The lowest BCUT2D eigenvalue weighted by Gasteiger charge is -2.04. The summed E-state index contributed by atoms with van der Waals surface area (Å²) in [6.45, 7) is -4.64. The maximum Gasteiger partial charge on any atom is 0.502 e. The Morgan fingerprint density at radius 1 is 1.25 bits per heavy atom. The minimum atomic E-state index is -4.64. The molecule has 46 valence electrons. The van der Waals surface area contributed by atoms with Gasteiger partial charge in [0.15, 0.2) is 0 Å². The van der Waals surface area contributed by atoms with Crippen LogP contribution in [0.1, 0.15) is 12.8 Å². The summed E-state index contributed by atoms with van der Waals surface area (Å²) in [5.74, 6) is 0.444. The van der Waals surface area contributed by atoms with Crippen molar-refractivity contribution in [3.05, 3.63) is 11.5 Å². The SMILES string of the molecule is F[B-](F)(F)C=C1CC1. The molecule has 1 rings (SSSR count). The van der Waals surface area contributed by atoms with Crippen molar-refractivity contribution in [1.82, 2.24) is 0 Å². The summed E-state index contributed by atoms with van der Waals surface area (Å²) in [5, 5.41) is 0. The summed E-state index contributed by atoms with van der Waals surface area (Å²) in [6, 6.07) is 0. The summed E-state index contributed by atoms with van der Waals surface area (Å²) >= 11 is 0. The van der Waals surface area contributed by atoms with Crippen LogP contribution in [-0.4, -0.2) is 6.98 Å². The van der Waals surface area contributed by atoms with Gasteiger partial charge in [-0.2, -0.15) is 0 Å². The second-order valence-corrected chi connectivity index (χ2v) is 1.95. The van der Waals surface area contributed by atoms with Gasteiger partial charge < -0.3 is 12.9 Å². The Hall–Kier alpha value is -0.405. The molecule has 0 aromatic rings. The van der Waals surface area contributed by atoms with E-state index in [-0.39, 0.29) is 0 Å². The van der Waals surface area contributed by atoms with Gasteiger partial charge in [-0.15, -0.1) is 11.5 Å². The molecule has 0 heterocycles. The highest BCUT2D eigenvalue weighted by Gasteiger charge is 2.23. The van der Waals surface area contributed by atoms with Crippen molar-refractivity contribution in [1.29, 1.82) is 0 Å². The molecule has 1 saturated carbocycles. The standard InChI is InChI=1S/C4H5BF3/c6-5(7,8)3-4-1-2-4/h3H,1-2H2/q-1. The van der Waals surface area contributed by atoms with E-state index in [9.17, 15) is 12.9 Å².